The van der Waals surface area contributed by atoms with E-state index >= 15 is 0 Å². The van der Waals surface area contributed by atoms with Crippen LogP contribution >= 0.6 is 0 Å². The second-order valence-corrected chi connectivity index (χ2v) is 3.02. The molecule has 0 atom stereocenters. The summed E-state index contributed by atoms with van der Waals surface area (Å²) < 4.78 is 9.60. The van der Waals surface area contributed by atoms with Gasteiger partial charge in [0.1, 0.15) is 5.76 Å². The van der Waals surface area contributed by atoms with Crippen LogP contribution in [0.25, 0.3) is 6.08 Å². The van der Waals surface area contributed by atoms with E-state index in [-0.39, 0.29) is 0 Å². The molecule has 0 bridgehead atoms. The Morgan fingerprint density at radius 2 is 1.75 bits per heavy atom. The van der Waals surface area contributed by atoms with Gasteiger partial charge in [0.05, 0.1) is 14.2 Å². The summed E-state index contributed by atoms with van der Waals surface area (Å²) >= 11 is 0. The van der Waals surface area contributed by atoms with Crippen molar-refractivity contribution in [3.63, 3.8) is 0 Å². The van der Waals surface area contributed by atoms with Crippen molar-refractivity contribution in [1.29, 1.82) is 0 Å². The molecule has 0 amide bonds. The van der Waals surface area contributed by atoms with E-state index in [0.717, 1.165) is 5.56 Å². The van der Waals surface area contributed by atoms with Gasteiger partial charge in [0, 0.05) is 6.08 Å². The zero-order valence-corrected chi connectivity index (χ0v) is 9.34. The Hall–Kier alpha value is -2.03. The van der Waals surface area contributed by atoms with Gasteiger partial charge in [-0.15, -0.1) is 0 Å². The summed E-state index contributed by atoms with van der Waals surface area (Å²) in [5, 5.41) is 0. The number of esters is 1. The maximum Gasteiger partial charge on any atom is 0.330 e. The SMILES string of the molecule is COC(=O)/C=C/C(=C/c1ccccc1)OC. The molecule has 1 rings (SSSR count). The summed E-state index contributed by atoms with van der Waals surface area (Å²) in [5.41, 5.74) is 1.01. The molecule has 0 saturated carbocycles. The highest BCUT2D eigenvalue weighted by Gasteiger charge is 1.95. The van der Waals surface area contributed by atoms with Crippen LogP contribution < -0.4 is 0 Å². The van der Waals surface area contributed by atoms with Gasteiger partial charge in [0.25, 0.3) is 0 Å². The molecule has 1 aromatic carbocycles. The van der Waals surface area contributed by atoms with Gasteiger partial charge < -0.3 is 9.47 Å². The Kier molecular flexibility index (Phi) is 4.86. The van der Waals surface area contributed by atoms with E-state index in [1.165, 1.54) is 13.2 Å². The van der Waals surface area contributed by atoms with Crippen LogP contribution in [0.4, 0.5) is 0 Å². The molecule has 0 aliphatic rings. The van der Waals surface area contributed by atoms with Crippen molar-refractivity contribution < 1.29 is 14.3 Å². The first-order chi connectivity index (χ1) is 7.76. The fraction of sp³-hybridized carbons (Fsp3) is 0.154. The standard InChI is InChI=1S/C13H14O3/c1-15-12(8-9-13(14)16-2)10-11-6-4-3-5-7-11/h3-10H,1-2H3/b9-8+,12-10-. The van der Waals surface area contributed by atoms with Crippen LogP contribution in [0, 0.1) is 0 Å². The molecule has 0 saturated heterocycles. The van der Waals surface area contributed by atoms with E-state index < -0.39 is 5.97 Å². The molecule has 0 N–H and O–H groups in total. The first kappa shape index (κ1) is 12.0. The van der Waals surface area contributed by atoms with Gasteiger partial charge in [-0.25, -0.2) is 4.79 Å². The Morgan fingerprint density at radius 1 is 1.06 bits per heavy atom. The summed E-state index contributed by atoms with van der Waals surface area (Å²) in [6.45, 7) is 0. The van der Waals surface area contributed by atoms with Crippen molar-refractivity contribution in [3.8, 4) is 0 Å². The summed E-state index contributed by atoms with van der Waals surface area (Å²) in [4.78, 5) is 10.9. The van der Waals surface area contributed by atoms with Crippen LogP contribution in [0.5, 0.6) is 0 Å². The number of rotatable bonds is 4. The lowest BCUT2D eigenvalue weighted by atomic mass is 10.2. The highest BCUT2D eigenvalue weighted by atomic mass is 16.5. The highest BCUT2D eigenvalue weighted by molar-refractivity contribution is 5.82. The molecule has 3 heteroatoms. The molecule has 0 fully saturated rings. The molecule has 0 aliphatic heterocycles. The Morgan fingerprint density at radius 3 is 2.31 bits per heavy atom. The average molecular weight is 218 g/mol. The molecule has 0 spiro atoms. The van der Waals surface area contributed by atoms with Crippen molar-refractivity contribution >= 4 is 12.0 Å². The second-order valence-electron chi connectivity index (χ2n) is 3.02. The predicted molar refractivity (Wildman–Crippen MR) is 62.6 cm³/mol. The zero-order valence-electron chi connectivity index (χ0n) is 9.34. The van der Waals surface area contributed by atoms with Crippen LogP contribution in [0.3, 0.4) is 0 Å². The number of hydrogen-bond donors (Lipinski definition) is 0. The molecule has 1 aromatic rings. The minimum absolute atomic E-state index is 0.406. The van der Waals surface area contributed by atoms with Crippen LogP contribution in [-0.2, 0) is 14.3 Å². The minimum Gasteiger partial charge on any atom is -0.497 e. The zero-order chi connectivity index (χ0) is 11.8. The summed E-state index contributed by atoms with van der Waals surface area (Å²) in [5.74, 6) is 0.188. The van der Waals surface area contributed by atoms with Crippen molar-refractivity contribution in [2.45, 2.75) is 0 Å². The second kappa shape index (κ2) is 6.45. The molecule has 3 nitrogen and oxygen atoms in total. The Bertz CT molecular complexity index is 391. The maximum absolute atomic E-state index is 10.9. The lowest BCUT2D eigenvalue weighted by Gasteiger charge is -2.00. The van der Waals surface area contributed by atoms with E-state index in [1.807, 2.05) is 36.4 Å². The number of allylic oxidation sites excluding steroid dienone is 1. The number of methoxy groups -OCH3 is 2. The topological polar surface area (TPSA) is 35.5 Å². The largest absolute Gasteiger partial charge is 0.497 e. The van der Waals surface area contributed by atoms with Crippen molar-refractivity contribution in [3.05, 3.63) is 53.8 Å². The maximum atomic E-state index is 10.9. The van der Waals surface area contributed by atoms with Crippen LogP contribution in [0.2, 0.25) is 0 Å². The smallest absolute Gasteiger partial charge is 0.330 e. The molecule has 0 unspecified atom stereocenters. The van der Waals surface area contributed by atoms with Gasteiger partial charge in [0.15, 0.2) is 0 Å². The summed E-state index contributed by atoms with van der Waals surface area (Å²) in [6, 6.07) is 9.70. The van der Waals surface area contributed by atoms with Crippen LogP contribution in [-0.4, -0.2) is 20.2 Å². The lowest BCUT2D eigenvalue weighted by Crippen LogP contribution is -1.94. The third-order valence-corrected chi connectivity index (χ3v) is 1.93. The predicted octanol–water partition coefficient (Wildman–Crippen LogP) is 2.40. The van der Waals surface area contributed by atoms with Gasteiger partial charge in [0.2, 0.25) is 0 Å². The third kappa shape index (κ3) is 4.00. The number of hydrogen-bond acceptors (Lipinski definition) is 3. The van der Waals surface area contributed by atoms with E-state index in [9.17, 15) is 4.79 Å². The van der Waals surface area contributed by atoms with E-state index in [1.54, 1.807) is 13.2 Å². The fourth-order valence-corrected chi connectivity index (χ4v) is 1.11. The van der Waals surface area contributed by atoms with E-state index in [4.69, 9.17) is 4.74 Å². The minimum atomic E-state index is -0.406. The molecule has 0 heterocycles. The van der Waals surface area contributed by atoms with Gasteiger partial charge in [-0.1, -0.05) is 30.3 Å². The number of carbonyl (C=O) groups is 1. The molecule has 0 aliphatic carbocycles. The fourth-order valence-electron chi connectivity index (χ4n) is 1.11. The van der Waals surface area contributed by atoms with Gasteiger partial charge in [-0.3, -0.25) is 0 Å². The number of carbonyl (C=O) groups excluding carboxylic acids is 1. The first-order valence-corrected chi connectivity index (χ1v) is 4.83. The van der Waals surface area contributed by atoms with E-state index in [2.05, 4.69) is 4.74 Å². The lowest BCUT2D eigenvalue weighted by molar-refractivity contribution is -0.134. The highest BCUT2D eigenvalue weighted by Crippen LogP contribution is 2.08. The Labute approximate surface area is 95.0 Å². The number of ether oxygens (including phenoxy) is 2. The van der Waals surface area contributed by atoms with Gasteiger partial charge >= 0.3 is 5.97 Å². The first-order valence-electron chi connectivity index (χ1n) is 4.83. The summed E-state index contributed by atoms with van der Waals surface area (Å²) in [7, 11) is 2.89. The Balaban J connectivity index is 2.79. The van der Waals surface area contributed by atoms with Gasteiger partial charge in [-0.05, 0) is 17.7 Å². The third-order valence-electron chi connectivity index (χ3n) is 1.93. The molecular weight excluding hydrogens is 204 g/mol. The average Bonchev–Trinajstić information content (AvgIpc) is 2.35. The van der Waals surface area contributed by atoms with Crippen molar-refractivity contribution in [1.82, 2.24) is 0 Å². The normalized spacial score (nSPS) is 11.5. The van der Waals surface area contributed by atoms with Crippen molar-refractivity contribution in [2.24, 2.45) is 0 Å². The monoisotopic (exact) mass is 218 g/mol. The van der Waals surface area contributed by atoms with Crippen LogP contribution in [0.15, 0.2) is 48.2 Å². The van der Waals surface area contributed by atoms with Crippen molar-refractivity contribution in [2.75, 3.05) is 14.2 Å². The molecule has 16 heavy (non-hydrogen) atoms. The number of benzene rings is 1. The molecular formula is C13H14O3. The molecule has 84 valence electrons. The summed E-state index contributed by atoms with van der Waals surface area (Å²) in [6.07, 6.45) is 4.72. The van der Waals surface area contributed by atoms with Crippen LogP contribution in [0.1, 0.15) is 5.56 Å². The molecule has 0 aromatic heterocycles. The van der Waals surface area contributed by atoms with Gasteiger partial charge in [-0.2, -0.15) is 0 Å². The van der Waals surface area contributed by atoms with E-state index in [0.29, 0.717) is 5.76 Å². The quantitative estimate of drug-likeness (QED) is 0.337. The molecule has 0 radical (unpaired) electrons.